The van der Waals surface area contributed by atoms with Crippen molar-refractivity contribution in [1.82, 2.24) is 9.55 Å². The number of aromatic nitrogens is 2. The van der Waals surface area contributed by atoms with Gasteiger partial charge in [0.1, 0.15) is 0 Å². The summed E-state index contributed by atoms with van der Waals surface area (Å²) in [6, 6.07) is 5.20. The van der Waals surface area contributed by atoms with Crippen LogP contribution in [0.4, 0.5) is 23.2 Å². The molecule has 1 aromatic heterocycles. The van der Waals surface area contributed by atoms with Crippen molar-refractivity contribution in [3.8, 4) is 0 Å². The Kier molecular flexibility index (Phi) is 8.23. The lowest BCUT2D eigenvalue weighted by molar-refractivity contribution is -0.117. The molecule has 0 saturated heterocycles. The van der Waals surface area contributed by atoms with Crippen LogP contribution in [0.3, 0.4) is 0 Å². The lowest BCUT2D eigenvalue weighted by Gasteiger charge is -2.16. The number of rotatable bonds is 2. The highest BCUT2D eigenvalue weighted by Crippen LogP contribution is 2.68. The van der Waals surface area contributed by atoms with Gasteiger partial charge in [-0.05, 0) is 53.2 Å². The molecule has 1 aliphatic heterocycles. The zero-order chi connectivity index (χ0) is 25.7. The summed E-state index contributed by atoms with van der Waals surface area (Å²) in [6.45, 7) is 0. The zero-order valence-corrected chi connectivity index (χ0v) is 24.9. The van der Waals surface area contributed by atoms with E-state index in [1.165, 1.54) is 6.07 Å². The van der Waals surface area contributed by atoms with Crippen molar-refractivity contribution in [1.29, 1.82) is 0 Å². The smallest absolute Gasteiger partial charge is 0.268 e. The topological polar surface area (TPSA) is 55.2 Å². The minimum Gasteiger partial charge on any atom is -0.315 e. The number of imidazole rings is 1. The number of hydrogen-bond acceptors (Lipinski definition) is 3. The van der Waals surface area contributed by atoms with Gasteiger partial charge in [-0.25, -0.2) is 22.5 Å². The maximum absolute atomic E-state index is 13.1. The SMILES string of the molecule is Fc1cc2nc(Br)n(C3CC3)c2cc1F.O=C1Cc2cc(F)c(F)cc2N1C1CC1.O=P(Br)(Br)Br. The van der Waals surface area contributed by atoms with Gasteiger partial charge in [-0.2, -0.15) is 0 Å². The van der Waals surface area contributed by atoms with Crippen molar-refractivity contribution in [2.24, 2.45) is 0 Å². The summed E-state index contributed by atoms with van der Waals surface area (Å²) in [4.78, 5) is 17.4. The van der Waals surface area contributed by atoms with E-state index >= 15 is 0 Å². The highest BCUT2D eigenvalue weighted by molar-refractivity contribution is 9.94. The van der Waals surface area contributed by atoms with Crippen LogP contribution in [0.2, 0.25) is 0 Å². The molecule has 0 spiro atoms. The molecule has 1 amide bonds. The number of hydrogen-bond donors (Lipinski definition) is 0. The van der Waals surface area contributed by atoms with E-state index in [1.54, 1.807) is 4.90 Å². The number of anilines is 1. The van der Waals surface area contributed by atoms with Gasteiger partial charge in [0.25, 0.3) is 3.25 Å². The van der Waals surface area contributed by atoms with Gasteiger partial charge in [-0.15, -0.1) is 0 Å². The van der Waals surface area contributed by atoms with Crippen molar-refractivity contribution >= 4 is 88.3 Å². The quantitative estimate of drug-likeness (QED) is 0.194. The van der Waals surface area contributed by atoms with E-state index in [4.69, 9.17) is 0 Å². The Morgan fingerprint density at radius 1 is 0.857 bits per heavy atom. The normalized spacial score (nSPS) is 17.0. The maximum atomic E-state index is 13.1. The highest BCUT2D eigenvalue weighted by Gasteiger charge is 2.39. The summed E-state index contributed by atoms with van der Waals surface area (Å²) >= 11 is 11.6. The third kappa shape index (κ3) is 6.77. The van der Waals surface area contributed by atoms with Gasteiger partial charge in [0.2, 0.25) is 5.91 Å². The summed E-state index contributed by atoms with van der Waals surface area (Å²) in [5.41, 5.74) is 2.31. The van der Waals surface area contributed by atoms with E-state index in [9.17, 15) is 26.9 Å². The summed E-state index contributed by atoms with van der Waals surface area (Å²) in [6.07, 6.45) is 4.27. The van der Waals surface area contributed by atoms with Gasteiger partial charge in [0.15, 0.2) is 28.0 Å². The molecular weight excluding hydrogens is 753 g/mol. The molecule has 5 nitrogen and oxygen atoms in total. The van der Waals surface area contributed by atoms with Crippen LogP contribution >= 0.6 is 65.6 Å². The van der Waals surface area contributed by atoms with E-state index < -0.39 is 26.5 Å². The van der Waals surface area contributed by atoms with Gasteiger partial charge >= 0.3 is 0 Å². The van der Waals surface area contributed by atoms with Crippen molar-refractivity contribution in [3.63, 3.8) is 0 Å². The fraction of sp³-hybridized carbons (Fsp3) is 0.333. The molecule has 6 rings (SSSR count). The molecule has 2 heterocycles. The lowest BCUT2D eigenvalue weighted by atomic mass is 10.1. The average molecular weight is 769 g/mol. The molecule has 188 valence electrons. The molecule has 2 aromatic carbocycles. The van der Waals surface area contributed by atoms with Gasteiger partial charge in [0, 0.05) is 76.8 Å². The van der Waals surface area contributed by atoms with E-state index in [0.29, 0.717) is 33.1 Å². The molecule has 3 aliphatic rings. The predicted octanol–water partition coefficient (Wildman–Crippen LogP) is 8.71. The Bertz CT molecular complexity index is 1350. The van der Waals surface area contributed by atoms with Crippen molar-refractivity contribution in [3.05, 3.63) is 57.8 Å². The lowest BCUT2D eigenvalue weighted by Crippen LogP contribution is -2.28. The molecule has 2 aliphatic carbocycles. The second-order valence-corrected chi connectivity index (χ2v) is 27.3. The van der Waals surface area contributed by atoms with Gasteiger partial charge in [-0.3, -0.25) is 9.36 Å². The monoisotopic (exact) mass is 765 g/mol. The van der Waals surface area contributed by atoms with Crippen LogP contribution in [0, 0.1) is 23.3 Å². The first-order valence-corrected chi connectivity index (χ1v) is 18.9. The van der Waals surface area contributed by atoms with Crippen LogP contribution in [0.1, 0.15) is 37.3 Å². The molecule has 0 N–H and O–H groups in total. The molecule has 0 bridgehead atoms. The second-order valence-electron chi connectivity index (χ2n) is 8.20. The largest absolute Gasteiger partial charge is 0.315 e. The zero-order valence-electron chi connectivity index (χ0n) is 17.6. The number of fused-ring (bicyclic) bond motifs is 2. The Hall–Kier alpha value is -0.750. The third-order valence-corrected chi connectivity index (χ3v) is 6.06. The summed E-state index contributed by atoms with van der Waals surface area (Å²) in [5.74, 6) is -3.47. The van der Waals surface area contributed by atoms with Crippen LogP contribution in [-0.2, 0) is 15.8 Å². The summed E-state index contributed by atoms with van der Waals surface area (Å²) in [5, 5.41) is 0. The number of nitrogens with zero attached hydrogens (tertiary/aromatic N) is 3. The molecule has 35 heavy (non-hydrogen) atoms. The molecule has 0 atom stereocenters. The first-order valence-electron chi connectivity index (χ1n) is 10.3. The number of benzene rings is 2. The fourth-order valence-electron chi connectivity index (χ4n) is 3.80. The highest BCUT2D eigenvalue weighted by atomic mass is 80.0. The van der Waals surface area contributed by atoms with Gasteiger partial charge < -0.3 is 9.47 Å². The molecule has 0 radical (unpaired) electrons. The van der Waals surface area contributed by atoms with Crippen molar-refractivity contribution in [2.45, 2.75) is 44.2 Å². The predicted molar refractivity (Wildman–Crippen MR) is 141 cm³/mol. The van der Waals surface area contributed by atoms with E-state index in [2.05, 4.69) is 67.4 Å². The van der Waals surface area contributed by atoms with E-state index in [1.807, 2.05) is 4.57 Å². The number of carbonyl (C=O) groups is 1. The van der Waals surface area contributed by atoms with Gasteiger partial charge in [0.05, 0.1) is 23.1 Å². The number of halogens is 8. The summed E-state index contributed by atoms with van der Waals surface area (Å²) in [7, 11) is 0. The number of amides is 1. The minimum atomic E-state index is -2.20. The molecule has 2 fully saturated rings. The fourth-order valence-corrected chi connectivity index (χ4v) is 4.47. The van der Waals surface area contributed by atoms with Crippen LogP contribution in [0.25, 0.3) is 11.0 Å². The van der Waals surface area contributed by atoms with E-state index in [-0.39, 0.29) is 18.4 Å². The first-order chi connectivity index (χ1) is 16.3. The first kappa shape index (κ1) is 27.3. The van der Waals surface area contributed by atoms with Crippen LogP contribution in [-0.4, -0.2) is 21.5 Å². The molecule has 14 heteroatoms. The molecular formula is C21H16Br4F4N3O2P. The molecule has 0 unspecified atom stereocenters. The molecule has 3 aromatic rings. The number of carbonyl (C=O) groups excluding carboxylic acids is 1. The molecule has 2 saturated carbocycles. The third-order valence-electron chi connectivity index (χ3n) is 5.50. The standard InChI is InChI=1S/C11H9F2NO.C10H7BrF2N2.Br3OP/c12-8-3-6-4-11(15)14(7-1-2-7)10(6)5-9(8)13;11-10-14-8-3-6(12)7(13)4-9(8)15(10)5-1-2-5;1-5(2,3)4/h3,5,7H,1-2,4H2;3-5H,1-2H2;. The Morgan fingerprint density at radius 2 is 1.37 bits per heavy atom. The Labute approximate surface area is 230 Å². The van der Waals surface area contributed by atoms with Gasteiger partial charge in [-0.1, -0.05) is 0 Å². The Balaban J connectivity index is 0.000000139. The second kappa shape index (κ2) is 10.6. The van der Waals surface area contributed by atoms with Crippen LogP contribution < -0.4 is 4.90 Å². The van der Waals surface area contributed by atoms with E-state index in [0.717, 1.165) is 43.9 Å². The average Bonchev–Trinajstić information content (AvgIpc) is 3.65. The van der Waals surface area contributed by atoms with Crippen LogP contribution in [0.15, 0.2) is 29.0 Å². The Morgan fingerprint density at radius 3 is 1.94 bits per heavy atom. The minimum absolute atomic E-state index is 0.0440. The van der Waals surface area contributed by atoms with Crippen molar-refractivity contribution in [2.75, 3.05) is 4.90 Å². The van der Waals surface area contributed by atoms with Crippen molar-refractivity contribution < 1.29 is 26.9 Å². The van der Waals surface area contributed by atoms with Crippen LogP contribution in [0.5, 0.6) is 0 Å². The summed E-state index contributed by atoms with van der Waals surface area (Å²) < 4.78 is 62.4. The maximum Gasteiger partial charge on any atom is 0.268 e.